The third-order valence-electron chi connectivity index (χ3n) is 7.52. The lowest BCUT2D eigenvalue weighted by atomic mass is 9.83. The van der Waals surface area contributed by atoms with E-state index in [0.717, 1.165) is 27.8 Å². The normalized spacial score (nSPS) is 11.9. The van der Waals surface area contributed by atoms with Crippen LogP contribution < -0.4 is 14.6 Å². The summed E-state index contributed by atoms with van der Waals surface area (Å²) in [5.74, 6) is 0.242. The molecule has 3 aromatic rings. The average Bonchev–Trinajstić information content (AvgIpc) is 3.44. The summed E-state index contributed by atoms with van der Waals surface area (Å²) in [5, 5.41) is 8.90. The first-order valence-corrected chi connectivity index (χ1v) is 17.6. The number of aromatic nitrogens is 2. The number of benzene rings is 2. The zero-order chi connectivity index (χ0) is 36.5. The number of para-hydroxylation sites is 1. The van der Waals surface area contributed by atoms with Gasteiger partial charge in [0.05, 0.1) is 12.7 Å². The Kier molecular flexibility index (Phi) is 14.3. The standard InChI is InChI=1S/C29H43NO4S.C6H10N6O/c1-17(2)22-14-25(20(7)8)27(26(15-22)21(9)10)16-28(31)30-35(32,33)34-29-23(18(3)4)12-11-13-24(29)19(5)6;1-12(2)11-10-6-4(5(7)13)8-3-9-6/h11-15,17-21H,16H2,1-10H3,(H,30,31);3H,1-2H3,(H2,7,13)(H,8,9)/b;11-10+. The first-order chi connectivity index (χ1) is 22.2. The van der Waals surface area contributed by atoms with Crippen LogP contribution in [0.25, 0.3) is 0 Å². The van der Waals surface area contributed by atoms with Gasteiger partial charge in [-0.3, -0.25) is 14.6 Å². The number of nitrogens with one attached hydrogen (secondary N) is 2. The van der Waals surface area contributed by atoms with E-state index in [4.69, 9.17) is 9.92 Å². The van der Waals surface area contributed by atoms with Crippen LogP contribution in [0.2, 0.25) is 0 Å². The second-order valence-electron chi connectivity index (χ2n) is 13.5. The summed E-state index contributed by atoms with van der Waals surface area (Å²) in [6, 6.07) is 9.95. The number of hydrogen-bond acceptors (Lipinski definition) is 8. The van der Waals surface area contributed by atoms with E-state index >= 15 is 0 Å². The van der Waals surface area contributed by atoms with Gasteiger partial charge in [0.25, 0.3) is 5.91 Å². The van der Waals surface area contributed by atoms with E-state index < -0.39 is 22.1 Å². The monoisotopic (exact) mass is 683 g/mol. The number of imidazole rings is 1. The highest BCUT2D eigenvalue weighted by Crippen LogP contribution is 2.36. The number of H-pyrrole nitrogens is 1. The molecule has 2 aromatic carbocycles. The average molecular weight is 684 g/mol. The maximum absolute atomic E-state index is 13.1. The molecule has 0 aliphatic carbocycles. The number of nitrogens with zero attached hydrogens (tertiary/aromatic N) is 4. The minimum Gasteiger partial charge on any atom is -0.366 e. The molecule has 13 heteroatoms. The Morgan fingerprint density at radius 3 is 1.79 bits per heavy atom. The Hall–Kier alpha value is -4.26. The molecule has 12 nitrogen and oxygen atoms in total. The summed E-state index contributed by atoms with van der Waals surface area (Å²) < 4.78 is 33.7. The number of hydrogen-bond donors (Lipinski definition) is 3. The van der Waals surface area contributed by atoms with Crippen LogP contribution in [0.1, 0.15) is 143 Å². The quantitative estimate of drug-likeness (QED) is 0.125. The Bertz CT molecular complexity index is 1640. The van der Waals surface area contributed by atoms with Crippen molar-refractivity contribution in [2.24, 2.45) is 16.1 Å². The second kappa shape index (κ2) is 17.2. The van der Waals surface area contributed by atoms with Gasteiger partial charge >= 0.3 is 10.3 Å². The fourth-order valence-corrected chi connectivity index (χ4v) is 5.84. The molecular weight excluding hydrogens is 630 g/mol. The molecule has 4 N–H and O–H groups in total. The number of rotatable bonds is 13. The van der Waals surface area contributed by atoms with E-state index in [1.807, 2.05) is 45.9 Å². The number of nitrogens with two attached hydrogens (primary N) is 1. The maximum atomic E-state index is 13.1. The van der Waals surface area contributed by atoms with E-state index in [2.05, 4.69) is 78.7 Å². The smallest absolute Gasteiger partial charge is 0.366 e. The van der Waals surface area contributed by atoms with Gasteiger partial charge in [-0.05, 0) is 63.0 Å². The number of aromatic amines is 1. The van der Waals surface area contributed by atoms with Crippen LogP contribution in [-0.2, 0) is 21.5 Å². The first kappa shape index (κ1) is 39.9. The molecule has 2 amide bonds. The molecule has 0 saturated carbocycles. The third kappa shape index (κ3) is 11.2. The summed E-state index contributed by atoms with van der Waals surface area (Å²) in [4.78, 5) is 30.1. The highest BCUT2D eigenvalue weighted by Gasteiger charge is 2.25. The van der Waals surface area contributed by atoms with Crippen molar-refractivity contribution in [3.63, 3.8) is 0 Å². The van der Waals surface area contributed by atoms with Crippen molar-refractivity contribution >= 4 is 27.9 Å². The Balaban J connectivity index is 0.000000513. The lowest BCUT2D eigenvalue weighted by Gasteiger charge is -2.23. The van der Waals surface area contributed by atoms with Crippen molar-refractivity contribution in [2.75, 3.05) is 14.1 Å². The van der Waals surface area contributed by atoms with Crippen LogP contribution in [-0.4, -0.2) is 49.3 Å². The number of carbonyl (C=O) groups excluding carboxylic acids is 2. The fraction of sp³-hybridized carbons (Fsp3) is 0.514. The molecule has 3 rings (SSSR count). The van der Waals surface area contributed by atoms with Crippen molar-refractivity contribution in [2.45, 2.75) is 105 Å². The molecule has 1 aromatic heterocycles. The number of carbonyl (C=O) groups is 2. The van der Waals surface area contributed by atoms with Crippen molar-refractivity contribution in [1.29, 1.82) is 0 Å². The van der Waals surface area contributed by atoms with Crippen LogP contribution >= 0.6 is 0 Å². The maximum Gasteiger partial charge on any atom is 0.409 e. The lowest BCUT2D eigenvalue weighted by Crippen LogP contribution is -2.36. The van der Waals surface area contributed by atoms with Gasteiger partial charge in [-0.1, -0.05) is 105 Å². The third-order valence-corrected chi connectivity index (χ3v) is 8.38. The molecule has 0 aliphatic heterocycles. The van der Waals surface area contributed by atoms with Crippen molar-refractivity contribution in [1.82, 2.24) is 19.7 Å². The Morgan fingerprint density at radius 1 is 0.875 bits per heavy atom. The number of primary amides is 1. The molecule has 0 unspecified atom stereocenters. The minimum atomic E-state index is -4.35. The second-order valence-corrected chi connectivity index (χ2v) is 14.7. The van der Waals surface area contributed by atoms with Gasteiger partial charge in [-0.25, -0.2) is 9.71 Å². The summed E-state index contributed by atoms with van der Waals surface area (Å²) >= 11 is 0. The van der Waals surface area contributed by atoms with E-state index in [1.54, 1.807) is 14.1 Å². The van der Waals surface area contributed by atoms with Gasteiger partial charge in [-0.2, -0.15) is 8.42 Å². The van der Waals surface area contributed by atoms with E-state index in [1.165, 1.54) is 16.9 Å². The highest BCUT2D eigenvalue weighted by molar-refractivity contribution is 7.85. The molecular formula is C35H53N7O5S. The predicted octanol–water partition coefficient (Wildman–Crippen LogP) is 7.36. The summed E-state index contributed by atoms with van der Waals surface area (Å²) in [6.45, 7) is 20.6. The van der Waals surface area contributed by atoms with Crippen molar-refractivity contribution in [3.05, 3.63) is 75.7 Å². The van der Waals surface area contributed by atoms with Gasteiger partial charge in [-0.15, -0.1) is 5.11 Å². The molecule has 0 saturated heterocycles. The topological polar surface area (TPSA) is 172 Å². The molecule has 264 valence electrons. The van der Waals surface area contributed by atoms with E-state index in [0.29, 0.717) is 11.7 Å². The Morgan fingerprint density at radius 2 is 1.38 bits per heavy atom. The van der Waals surface area contributed by atoms with Gasteiger partial charge in [0.2, 0.25) is 5.91 Å². The molecule has 0 fully saturated rings. The molecule has 0 aliphatic rings. The predicted molar refractivity (Wildman–Crippen MR) is 190 cm³/mol. The summed E-state index contributed by atoms with van der Waals surface area (Å²) in [6.07, 6.45) is 1.31. The molecule has 0 atom stereocenters. The van der Waals surface area contributed by atoms with Gasteiger partial charge in [0.15, 0.2) is 17.3 Å². The van der Waals surface area contributed by atoms with Crippen LogP contribution in [0.3, 0.4) is 0 Å². The zero-order valence-electron chi connectivity index (χ0n) is 30.4. The van der Waals surface area contributed by atoms with Crippen LogP contribution in [0, 0.1) is 0 Å². The Labute approximate surface area is 286 Å². The number of amides is 2. The van der Waals surface area contributed by atoms with Crippen LogP contribution in [0.15, 0.2) is 47.0 Å². The van der Waals surface area contributed by atoms with Crippen molar-refractivity contribution in [3.8, 4) is 5.75 Å². The fourth-order valence-electron chi connectivity index (χ4n) is 5.03. The SMILES string of the molecule is CC(C)c1cc(C(C)C)c(CC(=O)NS(=O)(=O)Oc2c(C(C)C)cccc2C(C)C)c(C(C)C)c1.CN(C)/N=N/c1[nH]cnc1C(N)=O. The van der Waals surface area contributed by atoms with Crippen LogP contribution in [0.5, 0.6) is 5.75 Å². The lowest BCUT2D eigenvalue weighted by molar-refractivity contribution is -0.118. The van der Waals surface area contributed by atoms with Crippen molar-refractivity contribution < 1.29 is 22.2 Å². The molecule has 0 bridgehead atoms. The minimum absolute atomic E-state index is 0.0230. The first-order valence-electron chi connectivity index (χ1n) is 16.2. The molecule has 1 heterocycles. The van der Waals surface area contributed by atoms with E-state index in [-0.39, 0.29) is 41.6 Å². The molecule has 0 radical (unpaired) electrons. The summed E-state index contributed by atoms with van der Waals surface area (Å²) in [5.41, 5.74) is 11.0. The molecule has 0 spiro atoms. The van der Waals surface area contributed by atoms with Gasteiger partial charge in [0, 0.05) is 14.1 Å². The highest BCUT2D eigenvalue weighted by atomic mass is 32.2. The molecule has 48 heavy (non-hydrogen) atoms. The summed E-state index contributed by atoms with van der Waals surface area (Å²) in [7, 11) is -0.929. The van der Waals surface area contributed by atoms with Gasteiger partial charge < -0.3 is 14.9 Å². The zero-order valence-corrected chi connectivity index (χ0v) is 31.2. The van der Waals surface area contributed by atoms with Crippen LogP contribution in [0.4, 0.5) is 5.82 Å². The largest absolute Gasteiger partial charge is 0.409 e. The van der Waals surface area contributed by atoms with E-state index in [9.17, 15) is 18.0 Å². The van der Waals surface area contributed by atoms with Gasteiger partial charge in [0.1, 0.15) is 0 Å².